The van der Waals surface area contributed by atoms with Crippen LogP contribution in [0, 0.1) is 0 Å². The standard InChI is InChI=1S/C17H19Cl2NS/c1-3-20-12(2)13-8-9-17(16(19)10-13)21-11-14-6-4-5-7-15(14)18/h4-10,12,20H,3,11H2,1-2H3. The molecule has 0 fully saturated rings. The van der Waals surface area contributed by atoms with Crippen molar-refractivity contribution in [1.29, 1.82) is 0 Å². The lowest BCUT2D eigenvalue weighted by atomic mass is 10.1. The summed E-state index contributed by atoms with van der Waals surface area (Å²) < 4.78 is 0. The normalized spacial score (nSPS) is 12.4. The predicted octanol–water partition coefficient (Wildman–Crippen LogP) is 5.96. The lowest BCUT2D eigenvalue weighted by Gasteiger charge is -2.14. The van der Waals surface area contributed by atoms with Crippen molar-refractivity contribution < 1.29 is 0 Å². The number of nitrogens with one attached hydrogen (secondary N) is 1. The molecule has 1 N–H and O–H groups in total. The maximum absolute atomic E-state index is 6.40. The highest BCUT2D eigenvalue weighted by atomic mass is 35.5. The molecule has 1 unspecified atom stereocenters. The molecule has 21 heavy (non-hydrogen) atoms. The molecule has 0 aliphatic carbocycles. The van der Waals surface area contributed by atoms with Gasteiger partial charge in [0.1, 0.15) is 0 Å². The second kappa shape index (κ2) is 8.09. The third-order valence-corrected chi connectivity index (χ3v) is 5.22. The lowest BCUT2D eigenvalue weighted by molar-refractivity contribution is 0.598. The van der Waals surface area contributed by atoms with Crippen LogP contribution in [0.15, 0.2) is 47.4 Å². The first-order valence-electron chi connectivity index (χ1n) is 7.01. The zero-order valence-electron chi connectivity index (χ0n) is 12.2. The molecule has 1 atom stereocenters. The summed E-state index contributed by atoms with van der Waals surface area (Å²) in [6.45, 7) is 5.19. The SMILES string of the molecule is CCNC(C)c1ccc(SCc2ccccc2Cl)c(Cl)c1. The summed E-state index contributed by atoms with van der Waals surface area (Å²) in [7, 11) is 0. The summed E-state index contributed by atoms with van der Waals surface area (Å²) in [4.78, 5) is 1.09. The Kier molecular flexibility index (Phi) is 6.43. The van der Waals surface area contributed by atoms with Crippen molar-refractivity contribution in [2.24, 2.45) is 0 Å². The molecule has 0 heterocycles. The Labute approximate surface area is 141 Å². The van der Waals surface area contributed by atoms with E-state index >= 15 is 0 Å². The van der Waals surface area contributed by atoms with Crippen molar-refractivity contribution in [2.45, 2.75) is 30.5 Å². The Bertz CT molecular complexity index is 601. The predicted molar refractivity (Wildman–Crippen MR) is 94.6 cm³/mol. The van der Waals surface area contributed by atoms with Crippen molar-refractivity contribution in [3.8, 4) is 0 Å². The van der Waals surface area contributed by atoms with Crippen molar-refractivity contribution in [3.05, 3.63) is 63.6 Å². The van der Waals surface area contributed by atoms with Gasteiger partial charge in [-0.1, -0.05) is 54.4 Å². The van der Waals surface area contributed by atoms with Crippen LogP contribution < -0.4 is 5.32 Å². The van der Waals surface area contributed by atoms with Gasteiger partial charge in [-0.05, 0) is 42.8 Å². The number of halogens is 2. The second-order valence-corrected chi connectivity index (χ2v) is 6.68. The quantitative estimate of drug-likeness (QED) is 0.652. The van der Waals surface area contributed by atoms with E-state index in [0.29, 0.717) is 6.04 Å². The van der Waals surface area contributed by atoms with E-state index in [1.165, 1.54) is 5.56 Å². The van der Waals surface area contributed by atoms with Crippen LogP contribution in [-0.4, -0.2) is 6.54 Å². The third-order valence-electron chi connectivity index (χ3n) is 3.31. The van der Waals surface area contributed by atoms with E-state index < -0.39 is 0 Å². The maximum atomic E-state index is 6.40. The fourth-order valence-corrected chi connectivity index (χ4v) is 3.66. The van der Waals surface area contributed by atoms with E-state index in [1.807, 2.05) is 30.3 Å². The number of thioether (sulfide) groups is 1. The van der Waals surface area contributed by atoms with Gasteiger partial charge in [0.15, 0.2) is 0 Å². The Balaban J connectivity index is 2.06. The van der Waals surface area contributed by atoms with Gasteiger partial charge in [-0.2, -0.15) is 0 Å². The number of hydrogen-bond donors (Lipinski definition) is 1. The van der Waals surface area contributed by atoms with Crippen molar-refractivity contribution in [2.75, 3.05) is 6.54 Å². The second-order valence-electron chi connectivity index (χ2n) is 4.85. The smallest absolute Gasteiger partial charge is 0.0545 e. The van der Waals surface area contributed by atoms with Gasteiger partial charge in [0.25, 0.3) is 0 Å². The largest absolute Gasteiger partial charge is 0.310 e. The van der Waals surface area contributed by atoms with E-state index in [9.17, 15) is 0 Å². The van der Waals surface area contributed by atoms with Crippen LogP contribution in [0.1, 0.15) is 31.0 Å². The van der Waals surface area contributed by atoms with Gasteiger partial charge in [0, 0.05) is 21.7 Å². The average molecular weight is 340 g/mol. The van der Waals surface area contributed by atoms with Crippen molar-refractivity contribution >= 4 is 35.0 Å². The first kappa shape index (κ1) is 16.7. The van der Waals surface area contributed by atoms with E-state index in [1.54, 1.807) is 11.8 Å². The summed E-state index contributed by atoms with van der Waals surface area (Å²) >= 11 is 14.3. The molecule has 0 spiro atoms. The van der Waals surface area contributed by atoms with Crippen molar-refractivity contribution in [3.63, 3.8) is 0 Å². The fraction of sp³-hybridized carbons (Fsp3) is 0.294. The summed E-state index contributed by atoms with van der Waals surface area (Å²) in [5.41, 5.74) is 2.34. The Morgan fingerprint density at radius 2 is 1.86 bits per heavy atom. The summed E-state index contributed by atoms with van der Waals surface area (Å²) in [5.74, 6) is 0.821. The van der Waals surface area contributed by atoms with Gasteiger partial charge < -0.3 is 5.32 Å². The van der Waals surface area contributed by atoms with Gasteiger partial charge in [-0.3, -0.25) is 0 Å². The molecule has 0 amide bonds. The molecule has 0 aliphatic rings. The topological polar surface area (TPSA) is 12.0 Å². The highest BCUT2D eigenvalue weighted by Gasteiger charge is 2.08. The molecule has 4 heteroatoms. The van der Waals surface area contributed by atoms with Gasteiger partial charge in [-0.25, -0.2) is 0 Å². The molecule has 0 saturated carbocycles. The van der Waals surface area contributed by atoms with Gasteiger partial charge in [0.2, 0.25) is 0 Å². The van der Waals surface area contributed by atoms with Crippen LogP contribution in [0.3, 0.4) is 0 Å². The Morgan fingerprint density at radius 1 is 1.10 bits per heavy atom. The van der Waals surface area contributed by atoms with Crippen molar-refractivity contribution in [1.82, 2.24) is 5.32 Å². The minimum atomic E-state index is 0.315. The molecular formula is C17H19Cl2NS. The maximum Gasteiger partial charge on any atom is 0.0545 e. The van der Waals surface area contributed by atoms with Crippen LogP contribution in [0.4, 0.5) is 0 Å². The monoisotopic (exact) mass is 339 g/mol. The number of benzene rings is 2. The average Bonchev–Trinajstić information content (AvgIpc) is 2.47. The van der Waals surface area contributed by atoms with E-state index in [0.717, 1.165) is 32.8 Å². The molecular weight excluding hydrogens is 321 g/mol. The van der Waals surface area contributed by atoms with Crippen LogP contribution >= 0.6 is 35.0 Å². The summed E-state index contributed by atoms with van der Waals surface area (Å²) in [5, 5.41) is 5.00. The lowest BCUT2D eigenvalue weighted by Crippen LogP contribution is -2.17. The Hall–Kier alpha value is -0.670. The zero-order valence-corrected chi connectivity index (χ0v) is 14.5. The Morgan fingerprint density at radius 3 is 2.52 bits per heavy atom. The van der Waals surface area contributed by atoms with Crippen LogP contribution in [0.5, 0.6) is 0 Å². The number of hydrogen-bond acceptors (Lipinski definition) is 2. The molecule has 0 aliphatic heterocycles. The van der Waals surface area contributed by atoms with Gasteiger partial charge in [0.05, 0.1) is 5.02 Å². The summed E-state index contributed by atoms with van der Waals surface area (Å²) in [6, 6.07) is 14.5. The van der Waals surface area contributed by atoms with Gasteiger partial charge in [-0.15, -0.1) is 11.8 Å². The fourth-order valence-electron chi connectivity index (χ4n) is 2.10. The van der Waals surface area contributed by atoms with Crippen LogP contribution in [0.25, 0.3) is 0 Å². The molecule has 1 nitrogen and oxygen atoms in total. The summed E-state index contributed by atoms with van der Waals surface area (Å²) in [6.07, 6.45) is 0. The highest BCUT2D eigenvalue weighted by molar-refractivity contribution is 7.98. The van der Waals surface area contributed by atoms with E-state index in [-0.39, 0.29) is 0 Å². The minimum Gasteiger partial charge on any atom is -0.310 e. The first-order chi connectivity index (χ1) is 10.1. The molecule has 0 saturated heterocycles. The molecule has 0 bridgehead atoms. The van der Waals surface area contributed by atoms with Gasteiger partial charge >= 0.3 is 0 Å². The minimum absolute atomic E-state index is 0.315. The van der Waals surface area contributed by atoms with Crippen LogP contribution in [0.2, 0.25) is 10.0 Å². The van der Waals surface area contributed by atoms with E-state index in [4.69, 9.17) is 23.2 Å². The third kappa shape index (κ3) is 4.65. The van der Waals surface area contributed by atoms with Crippen LogP contribution in [-0.2, 0) is 5.75 Å². The molecule has 2 aromatic carbocycles. The molecule has 2 aromatic rings. The molecule has 0 aromatic heterocycles. The highest BCUT2D eigenvalue weighted by Crippen LogP contribution is 2.33. The molecule has 2 rings (SSSR count). The molecule has 0 radical (unpaired) electrons. The van der Waals surface area contributed by atoms with E-state index in [2.05, 4.69) is 31.3 Å². The number of rotatable bonds is 6. The first-order valence-corrected chi connectivity index (χ1v) is 8.75. The molecule has 112 valence electrons. The zero-order chi connectivity index (χ0) is 15.2.